The van der Waals surface area contributed by atoms with Crippen LogP contribution >= 0.6 is 0 Å². The van der Waals surface area contributed by atoms with E-state index < -0.39 is 0 Å². The minimum Gasteiger partial charge on any atom is -0.357 e. The molecule has 0 saturated heterocycles. The second kappa shape index (κ2) is 6.14. The minimum atomic E-state index is -0.0114. The van der Waals surface area contributed by atoms with Crippen LogP contribution in [0.2, 0.25) is 0 Å². The molecule has 0 unspecified atom stereocenters. The molecule has 2 rings (SSSR count). The van der Waals surface area contributed by atoms with Crippen LogP contribution in [0.25, 0.3) is 0 Å². The van der Waals surface area contributed by atoms with E-state index in [1.165, 1.54) is 0 Å². The van der Waals surface area contributed by atoms with Gasteiger partial charge in [0.15, 0.2) is 0 Å². The Hall–Kier alpha value is -1.43. The largest absolute Gasteiger partial charge is 0.357 e. The maximum Gasteiger partial charge on any atom is 0.223 e. The van der Waals surface area contributed by atoms with Gasteiger partial charge in [-0.3, -0.25) is 4.79 Å². The summed E-state index contributed by atoms with van der Waals surface area (Å²) in [5, 5.41) is 11.0. The molecule has 1 aromatic rings. The Balaban J connectivity index is 2.13. The Bertz CT molecular complexity index is 430. The predicted octanol–water partition coefficient (Wildman–Crippen LogP) is 0.975. The lowest BCUT2D eigenvalue weighted by Gasteiger charge is -2.23. The SMILES string of the molecule is CC(C)[C@@H]1COCn2nncc2CC[C@H](C)C(=O)N1. The van der Waals surface area contributed by atoms with Crippen LogP contribution in [0.5, 0.6) is 0 Å². The normalized spacial score (nSPS) is 25.6. The molecule has 1 aromatic heterocycles. The average molecular weight is 266 g/mol. The lowest BCUT2D eigenvalue weighted by Crippen LogP contribution is -2.44. The second-order valence-electron chi connectivity index (χ2n) is 5.52. The van der Waals surface area contributed by atoms with E-state index in [-0.39, 0.29) is 17.9 Å². The van der Waals surface area contributed by atoms with Crippen molar-refractivity contribution in [2.24, 2.45) is 11.8 Å². The molecule has 0 bridgehead atoms. The highest BCUT2D eigenvalue weighted by Crippen LogP contribution is 2.12. The molecule has 1 aliphatic heterocycles. The third kappa shape index (κ3) is 3.53. The molecule has 19 heavy (non-hydrogen) atoms. The van der Waals surface area contributed by atoms with Crippen molar-refractivity contribution in [3.05, 3.63) is 11.9 Å². The van der Waals surface area contributed by atoms with Crippen molar-refractivity contribution in [3.8, 4) is 0 Å². The van der Waals surface area contributed by atoms with E-state index in [9.17, 15) is 4.79 Å². The highest BCUT2D eigenvalue weighted by Gasteiger charge is 2.22. The number of aryl methyl sites for hydroxylation is 1. The van der Waals surface area contributed by atoms with Gasteiger partial charge in [-0.25, -0.2) is 4.68 Å². The average Bonchev–Trinajstić information content (AvgIpc) is 2.80. The zero-order chi connectivity index (χ0) is 13.8. The number of nitrogens with zero attached hydrogens (tertiary/aromatic N) is 3. The van der Waals surface area contributed by atoms with E-state index in [4.69, 9.17) is 4.74 Å². The fourth-order valence-electron chi connectivity index (χ4n) is 2.07. The third-order valence-electron chi connectivity index (χ3n) is 3.62. The van der Waals surface area contributed by atoms with Gasteiger partial charge >= 0.3 is 0 Å². The fraction of sp³-hybridized carbons (Fsp3) is 0.769. The van der Waals surface area contributed by atoms with Gasteiger partial charge in [0.2, 0.25) is 5.91 Å². The Morgan fingerprint density at radius 1 is 1.53 bits per heavy atom. The maximum atomic E-state index is 12.1. The van der Waals surface area contributed by atoms with E-state index >= 15 is 0 Å². The number of rotatable bonds is 1. The molecule has 6 heteroatoms. The topological polar surface area (TPSA) is 69.0 Å². The van der Waals surface area contributed by atoms with Gasteiger partial charge < -0.3 is 10.1 Å². The van der Waals surface area contributed by atoms with Crippen LogP contribution < -0.4 is 5.32 Å². The van der Waals surface area contributed by atoms with Gasteiger partial charge in [-0.1, -0.05) is 26.0 Å². The van der Waals surface area contributed by atoms with Crippen molar-refractivity contribution in [2.75, 3.05) is 6.61 Å². The van der Waals surface area contributed by atoms with Crippen molar-refractivity contribution in [2.45, 2.75) is 46.4 Å². The molecule has 2 atom stereocenters. The Morgan fingerprint density at radius 3 is 3.05 bits per heavy atom. The van der Waals surface area contributed by atoms with Crippen LogP contribution in [0, 0.1) is 11.8 Å². The number of hydrogen-bond donors (Lipinski definition) is 1. The number of amides is 1. The molecular weight excluding hydrogens is 244 g/mol. The summed E-state index contributed by atoms with van der Waals surface area (Å²) in [6.45, 7) is 7.01. The molecule has 1 amide bonds. The quantitative estimate of drug-likeness (QED) is 0.822. The van der Waals surface area contributed by atoms with Crippen LogP contribution in [0.3, 0.4) is 0 Å². The summed E-state index contributed by atoms with van der Waals surface area (Å²) in [6, 6.07) is 0.0417. The highest BCUT2D eigenvalue weighted by molar-refractivity contribution is 5.78. The maximum absolute atomic E-state index is 12.1. The first kappa shape index (κ1) is 14.0. The van der Waals surface area contributed by atoms with E-state index in [1.54, 1.807) is 10.9 Å². The van der Waals surface area contributed by atoms with Crippen LogP contribution in [0.1, 0.15) is 32.9 Å². The molecule has 1 N–H and O–H groups in total. The van der Waals surface area contributed by atoms with Crippen LogP contribution in [0.15, 0.2) is 6.20 Å². The van der Waals surface area contributed by atoms with Gasteiger partial charge in [0.1, 0.15) is 6.73 Å². The summed E-state index contributed by atoms with van der Waals surface area (Å²) in [6.07, 6.45) is 3.33. The van der Waals surface area contributed by atoms with Crippen molar-refractivity contribution in [3.63, 3.8) is 0 Å². The van der Waals surface area contributed by atoms with Gasteiger partial charge in [0, 0.05) is 5.92 Å². The van der Waals surface area contributed by atoms with Crippen LogP contribution in [-0.4, -0.2) is 33.5 Å². The zero-order valence-corrected chi connectivity index (χ0v) is 11.8. The summed E-state index contributed by atoms with van der Waals surface area (Å²) in [5.41, 5.74) is 1.02. The first-order valence-corrected chi connectivity index (χ1v) is 6.83. The number of aromatic nitrogens is 3. The van der Waals surface area contributed by atoms with Gasteiger partial charge in [0.05, 0.1) is 24.5 Å². The van der Waals surface area contributed by atoms with E-state index in [0.717, 1.165) is 18.5 Å². The monoisotopic (exact) mass is 266 g/mol. The lowest BCUT2D eigenvalue weighted by molar-refractivity contribution is -0.126. The first-order valence-electron chi connectivity index (χ1n) is 6.83. The summed E-state index contributed by atoms with van der Waals surface area (Å²) in [5.74, 6) is 0.429. The second-order valence-corrected chi connectivity index (χ2v) is 5.52. The molecule has 0 saturated carbocycles. The number of hydrogen-bond acceptors (Lipinski definition) is 4. The molecule has 0 aromatic carbocycles. The molecule has 6 nitrogen and oxygen atoms in total. The standard InChI is InChI=1S/C13H22N4O2/c1-9(2)12-7-19-8-17-11(6-14-16-17)5-4-10(3)13(18)15-12/h6,9-10,12H,4-5,7-8H2,1-3H3,(H,15,18)/t10-,12-/m0/s1. The van der Waals surface area contributed by atoms with Gasteiger partial charge in [-0.2, -0.15) is 0 Å². The molecule has 0 fully saturated rings. The van der Waals surface area contributed by atoms with Crippen molar-refractivity contribution in [1.82, 2.24) is 20.3 Å². The molecule has 0 aliphatic carbocycles. The highest BCUT2D eigenvalue weighted by atomic mass is 16.5. The number of carbonyl (C=O) groups is 1. The predicted molar refractivity (Wildman–Crippen MR) is 70.2 cm³/mol. The van der Waals surface area contributed by atoms with Crippen molar-refractivity contribution >= 4 is 5.91 Å². The Labute approximate surface area is 113 Å². The van der Waals surface area contributed by atoms with Crippen LogP contribution in [-0.2, 0) is 22.7 Å². The van der Waals surface area contributed by atoms with Crippen molar-refractivity contribution in [1.29, 1.82) is 0 Å². The third-order valence-corrected chi connectivity index (χ3v) is 3.62. The molecule has 1 aliphatic rings. The molecule has 0 spiro atoms. The molecular formula is C13H22N4O2. The summed E-state index contributed by atoms with van der Waals surface area (Å²) >= 11 is 0. The first-order chi connectivity index (χ1) is 9.08. The lowest BCUT2D eigenvalue weighted by atomic mass is 10.0. The van der Waals surface area contributed by atoms with Crippen molar-refractivity contribution < 1.29 is 9.53 Å². The van der Waals surface area contributed by atoms with E-state index in [2.05, 4.69) is 29.5 Å². The Morgan fingerprint density at radius 2 is 2.32 bits per heavy atom. The van der Waals surface area contributed by atoms with Crippen LogP contribution in [0.4, 0.5) is 0 Å². The summed E-state index contributed by atoms with van der Waals surface area (Å²) in [4.78, 5) is 12.1. The van der Waals surface area contributed by atoms with Gasteiger partial charge in [-0.05, 0) is 18.8 Å². The van der Waals surface area contributed by atoms with E-state index in [1.807, 2.05) is 6.92 Å². The number of ether oxygens (including phenoxy) is 1. The fourth-order valence-corrected chi connectivity index (χ4v) is 2.07. The number of carbonyl (C=O) groups excluding carboxylic acids is 1. The molecule has 0 radical (unpaired) electrons. The molecule has 106 valence electrons. The summed E-state index contributed by atoms with van der Waals surface area (Å²) in [7, 11) is 0. The molecule has 2 heterocycles. The number of nitrogens with one attached hydrogen (secondary N) is 1. The summed E-state index contributed by atoms with van der Waals surface area (Å²) < 4.78 is 7.42. The zero-order valence-electron chi connectivity index (χ0n) is 11.8. The van der Waals surface area contributed by atoms with Gasteiger partial charge in [-0.15, -0.1) is 5.10 Å². The smallest absolute Gasteiger partial charge is 0.223 e. The van der Waals surface area contributed by atoms with Gasteiger partial charge in [0.25, 0.3) is 0 Å². The number of fused-ring (bicyclic) bond motifs is 1. The minimum absolute atomic E-state index is 0.0114. The van der Waals surface area contributed by atoms with E-state index in [0.29, 0.717) is 19.3 Å². The Kier molecular flexibility index (Phi) is 4.52.